The SMILES string of the molecule is CC1CCN(c2nc(-c3ccc(CCNS(C)(=O)=O)s3)cs2)CC1. The third-order valence-corrected chi connectivity index (χ3v) is 6.99. The first kappa shape index (κ1) is 17.8. The van der Waals surface area contributed by atoms with E-state index in [-0.39, 0.29) is 0 Å². The summed E-state index contributed by atoms with van der Waals surface area (Å²) >= 11 is 3.40. The van der Waals surface area contributed by atoms with Gasteiger partial charge in [-0.15, -0.1) is 22.7 Å². The van der Waals surface area contributed by atoms with Crippen LogP contribution < -0.4 is 9.62 Å². The molecule has 132 valence electrons. The topological polar surface area (TPSA) is 62.3 Å². The molecular formula is C16H23N3O2S3. The fraction of sp³-hybridized carbons (Fsp3) is 0.562. The van der Waals surface area contributed by atoms with E-state index in [9.17, 15) is 8.42 Å². The number of thiophene rings is 1. The van der Waals surface area contributed by atoms with Crippen LogP contribution in [0.3, 0.4) is 0 Å². The molecule has 0 aromatic carbocycles. The first-order valence-electron chi connectivity index (χ1n) is 8.15. The smallest absolute Gasteiger partial charge is 0.208 e. The zero-order chi connectivity index (χ0) is 17.2. The molecule has 8 heteroatoms. The van der Waals surface area contributed by atoms with Gasteiger partial charge < -0.3 is 4.90 Å². The number of hydrogen-bond acceptors (Lipinski definition) is 6. The molecule has 3 heterocycles. The van der Waals surface area contributed by atoms with Gasteiger partial charge in [0.2, 0.25) is 10.0 Å². The van der Waals surface area contributed by atoms with E-state index in [1.165, 1.54) is 24.0 Å². The summed E-state index contributed by atoms with van der Waals surface area (Å²) < 4.78 is 24.7. The second kappa shape index (κ2) is 7.51. The van der Waals surface area contributed by atoms with E-state index in [0.717, 1.165) is 34.7 Å². The van der Waals surface area contributed by atoms with Crippen LogP contribution in [-0.4, -0.2) is 39.3 Å². The molecule has 1 N–H and O–H groups in total. The second-order valence-electron chi connectivity index (χ2n) is 6.37. The minimum absolute atomic E-state index is 0.438. The summed E-state index contributed by atoms with van der Waals surface area (Å²) in [7, 11) is -3.11. The van der Waals surface area contributed by atoms with E-state index >= 15 is 0 Å². The lowest BCUT2D eigenvalue weighted by Gasteiger charge is -2.29. The standard InChI is InChI=1S/C16H23N3O2S3/c1-12-6-9-19(10-7-12)16-18-14(11-22-16)15-4-3-13(23-15)5-8-17-24(2,20)21/h3-4,11-12,17H,5-10H2,1-2H3. The molecule has 3 rings (SSSR count). The van der Waals surface area contributed by atoms with Crippen molar-refractivity contribution in [1.82, 2.24) is 9.71 Å². The van der Waals surface area contributed by atoms with Gasteiger partial charge >= 0.3 is 0 Å². The van der Waals surface area contributed by atoms with E-state index in [2.05, 4.69) is 34.1 Å². The van der Waals surface area contributed by atoms with Crippen LogP contribution in [-0.2, 0) is 16.4 Å². The Morgan fingerprint density at radius 2 is 2.08 bits per heavy atom. The van der Waals surface area contributed by atoms with Crippen molar-refractivity contribution in [2.24, 2.45) is 5.92 Å². The van der Waals surface area contributed by atoms with Crippen molar-refractivity contribution in [1.29, 1.82) is 0 Å². The third-order valence-electron chi connectivity index (χ3n) is 4.20. The summed E-state index contributed by atoms with van der Waals surface area (Å²) in [4.78, 5) is 9.51. The highest BCUT2D eigenvalue weighted by molar-refractivity contribution is 7.88. The van der Waals surface area contributed by atoms with Gasteiger partial charge in [-0.2, -0.15) is 0 Å². The first-order chi connectivity index (χ1) is 11.4. The Balaban J connectivity index is 1.61. The highest BCUT2D eigenvalue weighted by Gasteiger charge is 2.19. The average molecular weight is 386 g/mol. The molecule has 2 aromatic rings. The monoisotopic (exact) mass is 385 g/mol. The van der Waals surface area contributed by atoms with Crippen molar-refractivity contribution < 1.29 is 8.42 Å². The molecule has 2 aromatic heterocycles. The van der Waals surface area contributed by atoms with Crippen LogP contribution in [0.15, 0.2) is 17.5 Å². The summed E-state index contributed by atoms with van der Waals surface area (Å²) in [6.07, 6.45) is 4.38. The van der Waals surface area contributed by atoms with Crippen molar-refractivity contribution >= 4 is 37.8 Å². The summed E-state index contributed by atoms with van der Waals surface area (Å²) in [5.74, 6) is 0.820. The molecule has 24 heavy (non-hydrogen) atoms. The number of sulfonamides is 1. The van der Waals surface area contributed by atoms with Gasteiger partial charge in [0.25, 0.3) is 0 Å². The molecular weight excluding hydrogens is 362 g/mol. The molecule has 1 aliphatic rings. The molecule has 0 radical (unpaired) electrons. The van der Waals surface area contributed by atoms with E-state index in [4.69, 9.17) is 4.98 Å². The average Bonchev–Trinajstić information content (AvgIpc) is 3.15. The van der Waals surface area contributed by atoms with Crippen LogP contribution in [0.1, 0.15) is 24.6 Å². The molecule has 0 saturated carbocycles. The van der Waals surface area contributed by atoms with Gasteiger partial charge in [0.05, 0.1) is 16.8 Å². The maximum Gasteiger partial charge on any atom is 0.208 e. The van der Waals surface area contributed by atoms with Crippen LogP contribution in [0.4, 0.5) is 5.13 Å². The number of aromatic nitrogens is 1. The molecule has 0 aliphatic carbocycles. The van der Waals surface area contributed by atoms with Crippen LogP contribution in [0, 0.1) is 5.92 Å². The predicted octanol–water partition coefficient (Wildman–Crippen LogP) is 3.20. The largest absolute Gasteiger partial charge is 0.348 e. The normalized spacial score (nSPS) is 16.7. The van der Waals surface area contributed by atoms with E-state index in [1.54, 1.807) is 22.7 Å². The third kappa shape index (κ3) is 4.78. The fourth-order valence-corrected chi connectivity index (χ4v) is 5.13. The number of rotatable bonds is 6. The minimum atomic E-state index is -3.11. The number of nitrogens with one attached hydrogen (secondary N) is 1. The van der Waals surface area contributed by atoms with Crippen LogP contribution >= 0.6 is 22.7 Å². The Morgan fingerprint density at radius 3 is 2.79 bits per heavy atom. The lowest BCUT2D eigenvalue weighted by atomic mass is 10.00. The van der Waals surface area contributed by atoms with Gasteiger partial charge in [0, 0.05) is 29.9 Å². The molecule has 1 aliphatic heterocycles. The quantitative estimate of drug-likeness (QED) is 0.829. The second-order valence-corrected chi connectivity index (χ2v) is 10.2. The first-order valence-corrected chi connectivity index (χ1v) is 11.7. The molecule has 0 bridgehead atoms. The zero-order valence-corrected chi connectivity index (χ0v) is 16.4. The molecule has 5 nitrogen and oxygen atoms in total. The molecule has 1 saturated heterocycles. The molecule has 0 amide bonds. The highest BCUT2D eigenvalue weighted by Crippen LogP contribution is 2.33. The number of piperidine rings is 1. The van der Waals surface area contributed by atoms with Gasteiger partial charge in [-0.3, -0.25) is 0 Å². The summed E-state index contributed by atoms with van der Waals surface area (Å²) in [5, 5.41) is 3.24. The molecule has 0 unspecified atom stereocenters. The minimum Gasteiger partial charge on any atom is -0.348 e. The molecule has 0 spiro atoms. The summed E-state index contributed by atoms with van der Waals surface area (Å²) in [6, 6.07) is 4.14. The lowest BCUT2D eigenvalue weighted by molar-refractivity contribution is 0.438. The van der Waals surface area contributed by atoms with Crippen molar-refractivity contribution in [3.8, 4) is 10.6 Å². The Morgan fingerprint density at radius 1 is 1.33 bits per heavy atom. The zero-order valence-electron chi connectivity index (χ0n) is 14.0. The van der Waals surface area contributed by atoms with Gasteiger partial charge in [-0.05, 0) is 37.3 Å². The van der Waals surface area contributed by atoms with Gasteiger partial charge in [0.15, 0.2) is 5.13 Å². The van der Waals surface area contributed by atoms with Crippen molar-refractivity contribution in [2.75, 3.05) is 30.8 Å². The van der Waals surface area contributed by atoms with Gasteiger partial charge in [-0.25, -0.2) is 18.1 Å². The van der Waals surface area contributed by atoms with Crippen molar-refractivity contribution in [3.63, 3.8) is 0 Å². The van der Waals surface area contributed by atoms with E-state index < -0.39 is 10.0 Å². The van der Waals surface area contributed by atoms with Crippen molar-refractivity contribution in [3.05, 3.63) is 22.4 Å². The molecule has 0 atom stereocenters. The predicted molar refractivity (Wildman–Crippen MR) is 103 cm³/mol. The number of thiazole rings is 1. The van der Waals surface area contributed by atoms with Crippen LogP contribution in [0.5, 0.6) is 0 Å². The lowest BCUT2D eigenvalue weighted by Crippen LogP contribution is -2.32. The maximum absolute atomic E-state index is 11.1. The number of nitrogens with zero attached hydrogens (tertiary/aromatic N) is 2. The van der Waals surface area contributed by atoms with E-state index in [0.29, 0.717) is 13.0 Å². The molecule has 1 fully saturated rings. The summed E-state index contributed by atoms with van der Waals surface area (Å²) in [6.45, 7) is 4.95. The van der Waals surface area contributed by atoms with E-state index in [1.807, 2.05) is 0 Å². The number of hydrogen-bond donors (Lipinski definition) is 1. The highest BCUT2D eigenvalue weighted by atomic mass is 32.2. The Kier molecular flexibility index (Phi) is 5.59. The Labute approximate surface area is 151 Å². The van der Waals surface area contributed by atoms with Gasteiger partial charge in [0.1, 0.15) is 0 Å². The van der Waals surface area contributed by atoms with Gasteiger partial charge in [-0.1, -0.05) is 6.92 Å². The Bertz CT molecular complexity index is 774. The Hall–Kier alpha value is -0.960. The number of anilines is 1. The van der Waals surface area contributed by atoms with Crippen LogP contribution in [0.2, 0.25) is 0 Å². The maximum atomic E-state index is 11.1. The summed E-state index contributed by atoms with van der Waals surface area (Å²) in [5.41, 5.74) is 1.03. The van der Waals surface area contributed by atoms with Crippen LogP contribution in [0.25, 0.3) is 10.6 Å². The van der Waals surface area contributed by atoms with Crippen molar-refractivity contribution in [2.45, 2.75) is 26.2 Å². The fourth-order valence-electron chi connectivity index (χ4n) is 2.73.